The maximum absolute atomic E-state index is 12.7. The van der Waals surface area contributed by atoms with Gasteiger partial charge in [-0.3, -0.25) is 0 Å². The van der Waals surface area contributed by atoms with E-state index in [0.717, 1.165) is 0 Å². The Morgan fingerprint density at radius 1 is 0.667 bits per heavy atom. The fraction of sp³-hybridized carbons (Fsp3) is 1.00. The van der Waals surface area contributed by atoms with Crippen molar-refractivity contribution >= 4 is 33.1 Å². The fourth-order valence-electron chi connectivity index (χ4n) is 0.754. The van der Waals surface area contributed by atoms with Crippen LogP contribution in [0.3, 0.4) is 0 Å². The fourth-order valence-corrected chi connectivity index (χ4v) is 1.95. The van der Waals surface area contributed by atoms with Gasteiger partial charge in [-0.2, -0.15) is 59.2 Å². The SMILES string of the molecule is O=S(=O)(OI)C(F)(F)C(F)(F)C(F)(F)C(F)(F)C(F)(F)F. The Balaban J connectivity index is 6.27. The molecule has 0 aromatic carbocycles. The minimum Gasteiger partial charge on any atom is -0.194 e. The molecule has 0 unspecified atom stereocenters. The lowest BCUT2D eigenvalue weighted by Gasteiger charge is -2.36. The van der Waals surface area contributed by atoms with Gasteiger partial charge in [0.25, 0.3) is 0 Å². The lowest BCUT2D eigenvalue weighted by molar-refractivity contribution is -0.413. The van der Waals surface area contributed by atoms with Gasteiger partial charge < -0.3 is 0 Å². The van der Waals surface area contributed by atoms with E-state index in [1.165, 1.54) is 0 Å². The molecular formula is C5F11IO3S. The molecule has 0 heterocycles. The van der Waals surface area contributed by atoms with Crippen molar-refractivity contribution in [2.24, 2.45) is 0 Å². The first-order chi connectivity index (χ1) is 8.81. The molecule has 0 aliphatic rings. The molecule has 21 heavy (non-hydrogen) atoms. The van der Waals surface area contributed by atoms with Crippen molar-refractivity contribution in [3.05, 3.63) is 0 Å². The minimum atomic E-state index is -7.79. The van der Waals surface area contributed by atoms with Gasteiger partial charge in [0.1, 0.15) is 23.0 Å². The average Bonchev–Trinajstić information content (AvgIpc) is 2.26. The summed E-state index contributed by atoms with van der Waals surface area (Å²) in [5, 5.41) is -7.07. The third kappa shape index (κ3) is 2.77. The van der Waals surface area contributed by atoms with Crippen LogP contribution in [0.4, 0.5) is 48.3 Å². The zero-order valence-electron chi connectivity index (χ0n) is 8.67. The Kier molecular flexibility index (Phi) is 5.17. The third-order valence-corrected chi connectivity index (χ3v) is 4.38. The van der Waals surface area contributed by atoms with Crippen LogP contribution in [-0.4, -0.2) is 37.6 Å². The molecule has 0 aliphatic carbocycles. The molecule has 0 saturated heterocycles. The molecule has 0 amide bonds. The van der Waals surface area contributed by atoms with E-state index in [4.69, 9.17) is 0 Å². The summed E-state index contributed by atoms with van der Waals surface area (Å²) in [6, 6.07) is 0. The van der Waals surface area contributed by atoms with Crippen LogP contribution in [0, 0.1) is 0 Å². The lowest BCUT2D eigenvalue weighted by atomic mass is 10.0. The van der Waals surface area contributed by atoms with Crippen molar-refractivity contribution in [1.29, 1.82) is 0 Å². The van der Waals surface area contributed by atoms with Crippen molar-refractivity contribution in [1.82, 2.24) is 0 Å². The molecule has 0 bridgehead atoms. The van der Waals surface area contributed by atoms with Crippen LogP contribution in [0.1, 0.15) is 0 Å². The van der Waals surface area contributed by atoms with Gasteiger partial charge in [0, 0.05) is 0 Å². The summed E-state index contributed by atoms with van der Waals surface area (Å²) in [6.45, 7) is 0. The van der Waals surface area contributed by atoms with E-state index in [2.05, 4.69) is 2.51 Å². The van der Waals surface area contributed by atoms with Crippen LogP contribution in [0.5, 0.6) is 0 Å². The second-order valence-electron chi connectivity index (χ2n) is 3.25. The Morgan fingerprint density at radius 3 is 1.24 bits per heavy atom. The molecule has 16 heteroatoms. The van der Waals surface area contributed by atoms with Crippen LogP contribution < -0.4 is 0 Å². The second kappa shape index (κ2) is 5.20. The van der Waals surface area contributed by atoms with E-state index >= 15 is 0 Å². The summed E-state index contributed by atoms with van der Waals surface area (Å²) in [4.78, 5) is 0. The van der Waals surface area contributed by atoms with Crippen LogP contribution >= 0.6 is 23.0 Å². The predicted molar refractivity (Wildman–Crippen MR) is 49.9 cm³/mol. The van der Waals surface area contributed by atoms with E-state index in [-0.39, 0.29) is 23.0 Å². The standard InChI is InChI=1S/C5F11IO3S/c6-1(7,2(8,9)4(12,13)14)3(10,11)5(15,16)21(18,19)20-17. The lowest BCUT2D eigenvalue weighted by Crippen LogP contribution is -2.67. The highest BCUT2D eigenvalue weighted by Crippen LogP contribution is 2.58. The van der Waals surface area contributed by atoms with Crippen LogP contribution in [0.25, 0.3) is 0 Å². The average molecular weight is 476 g/mol. The number of hydrogen-bond acceptors (Lipinski definition) is 3. The highest BCUT2D eigenvalue weighted by molar-refractivity contribution is 14.1. The summed E-state index contributed by atoms with van der Waals surface area (Å²) < 4.78 is 159. The quantitative estimate of drug-likeness (QED) is 0.449. The van der Waals surface area contributed by atoms with Gasteiger partial charge in [0.15, 0.2) is 0 Å². The largest absolute Gasteiger partial charge is 0.460 e. The highest BCUT2D eigenvalue weighted by atomic mass is 127. The summed E-state index contributed by atoms with van der Waals surface area (Å²) >= 11 is 0.00480. The molecule has 0 spiro atoms. The van der Waals surface area contributed by atoms with Crippen molar-refractivity contribution in [3.63, 3.8) is 0 Å². The van der Waals surface area contributed by atoms with Gasteiger partial charge in [0.2, 0.25) is 0 Å². The van der Waals surface area contributed by atoms with Gasteiger partial charge in [-0.1, -0.05) is 0 Å². The Morgan fingerprint density at radius 2 is 1.00 bits per heavy atom. The van der Waals surface area contributed by atoms with E-state index in [0.29, 0.717) is 0 Å². The van der Waals surface area contributed by atoms with Crippen LogP contribution in [0.2, 0.25) is 0 Å². The molecule has 0 radical (unpaired) electrons. The molecule has 0 atom stereocenters. The monoisotopic (exact) mass is 476 g/mol. The van der Waals surface area contributed by atoms with Crippen molar-refractivity contribution in [2.75, 3.05) is 0 Å². The normalized spacial score (nSPS) is 16.2. The third-order valence-electron chi connectivity index (χ3n) is 1.91. The van der Waals surface area contributed by atoms with Crippen molar-refractivity contribution < 1.29 is 59.2 Å². The molecule has 0 aromatic heterocycles. The number of hydrogen-bond donors (Lipinski definition) is 0. The van der Waals surface area contributed by atoms with Crippen molar-refractivity contribution in [3.8, 4) is 0 Å². The van der Waals surface area contributed by atoms with E-state index in [1.54, 1.807) is 0 Å². The maximum atomic E-state index is 12.7. The minimum absolute atomic E-state index is 0.00480. The highest BCUT2D eigenvalue weighted by Gasteiger charge is 2.89. The molecule has 0 aliphatic heterocycles. The summed E-state index contributed by atoms with van der Waals surface area (Å²) in [7, 11) is -6.92. The summed E-state index contributed by atoms with van der Waals surface area (Å²) in [6.07, 6.45) is -7.36. The first-order valence-corrected chi connectivity index (χ1v) is 6.23. The topological polar surface area (TPSA) is 43.4 Å². The predicted octanol–water partition coefficient (Wildman–Crippen LogP) is 3.74. The van der Waals surface area contributed by atoms with E-state index in [9.17, 15) is 56.7 Å². The number of rotatable bonds is 5. The zero-order valence-corrected chi connectivity index (χ0v) is 11.6. The van der Waals surface area contributed by atoms with Crippen LogP contribution in [-0.2, 0) is 12.6 Å². The summed E-state index contributed by atoms with van der Waals surface area (Å²) in [5.41, 5.74) is 0. The van der Waals surface area contributed by atoms with Crippen LogP contribution in [0.15, 0.2) is 0 Å². The Labute approximate surface area is 122 Å². The van der Waals surface area contributed by atoms with Crippen molar-refractivity contribution in [2.45, 2.75) is 29.2 Å². The molecular weight excluding hydrogens is 476 g/mol. The van der Waals surface area contributed by atoms with Gasteiger partial charge in [-0.05, 0) is 0 Å². The molecule has 0 rings (SSSR count). The first kappa shape index (κ1) is 20.9. The molecule has 0 saturated carbocycles. The maximum Gasteiger partial charge on any atom is 0.460 e. The summed E-state index contributed by atoms with van der Waals surface area (Å²) in [5.74, 6) is -23.1. The smallest absolute Gasteiger partial charge is 0.194 e. The molecule has 0 aromatic rings. The van der Waals surface area contributed by atoms with E-state index in [1.807, 2.05) is 0 Å². The first-order valence-electron chi connectivity index (χ1n) is 3.94. The van der Waals surface area contributed by atoms with Gasteiger partial charge in [-0.25, -0.2) is 0 Å². The Hall–Kier alpha value is -0.130. The second-order valence-corrected chi connectivity index (χ2v) is 5.88. The molecule has 3 nitrogen and oxygen atoms in total. The van der Waals surface area contributed by atoms with Gasteiger partial charge in [-0.15, -0.1) is 0 Å². The van der Waals surface area contributed by atoms with E-state index < -0.39 is 39.3 Å². The molecule has 0 fully saturated rings. The molecule has 0 N–H and O–H groups in total. The number of halogens is 12. The van der Waals surface area contributed by atoms with Gasteiger partial charge in [0.05, 0.1) is 0 Å². The number of alkyl halides is 11. The zero-order chi connectivity index (χ0) is 17.7. The Bertz CT molecular complexity index is 494. The molecule has 128 valence electrons. The van der Waals surface area contributed by atoms with Gasteiger partial charge >= 0.3 is 39.3 Å².